The monoisotopic (exact) mass is 248 g/mol. The predicted octanol–water partition coefficient (Wildman–Crippen LogP) is 2.61. The fourth-order valence-electron chi connectivity index (χ4n) is 3.22. The molecule has 1 fully saturated rings. The van der Waals surface area contributed by atoms with Gasteiger partial charge in [0.1, 0.15) is 0 Å². The summed E-state index contributed by atoms with van der Waals surface area (Å²) in [5.74, 6) is 1.38. The molecule has 1 heterocycles. The molecule has 1 aliphatic rings. The molecule has 1 aliphatic heterocycles. The standard InChI is InChI=1S/C16H25NO/c1-16(2)12-14(9-11-18-16)15(8-10-17)13-6-4-3-5-7-13/h3-7,14-15H,8-12,17H2,1-2H3/p+1/t14-,15+/m0/s1. The van der Waals surface area contributed by atoms with Crippen molar-refractivity contribution in [2.45, 2.75) is 44.6 Å². The quantitative estimate of drug-likeness (QED) is 0.873. The maximum Gasteiger partial charge on any atom is 0.0745 e. The van der Waals surface area contributed by atoms with E-state index in [1.165, 1.54) is 18.4 Å². The zero-order chi connectivity index (χ0) is 13.0. The fourth-order valence-corrected chi connectivity index (χ4v) is 3.22. The van der Waals surface area contributed by atoms with Crippen LogP contribution in [0, 0.1) is 5.92 Å². The maximum atomic E-state index is 5.84. The molecule has 0 amide bonds. The summed E-state index contributed by atoms with van der Waals surface area (Å²) in [6, 6.07) is 10.9. The van der Waals surface area contributed by atoms with Crippen molar-refractivity contribution < 1.29 is 10.5 Å². The average Bonchev–Trinajstić information content (AvgIpc) is 2.36. The first-order valence-electron chi connectivity index (χ1n) is 7.10. The lowest BCUT2D eigenvalue weighted by Gasteiger charge is -2.39. The minimum Gasteiger partial charge on any atom is -0.376 e. The van der Waals surface area contributed by atoms with E-state index in [9.17, 15) is 0 Å². The summed E-state index contributed by atoms with van der Waals surface area (Å²) in [5.41, 5.74) is 5.57. The van der Waals surface area contributed by atoms with E-state index in [0.29, 0.717) is 5.92 Å². The Morgan fingerprint density at radius 3 is 2.67 bits per heavy atom. The summed E-state index contributed by atoms with van der Waals surface area (Å²) in [4.78, 5) is 0. The van der Waals surface area contributed by atoms with E-state index in [1.807, 2.05) is 0 Å². The molecule has 0 unspecified atom stereocenters. The summed E-state index contributed by atoms with van der Waals surface area (Å²) >= 11 is 0. The van der Waals surface area contributed by atoms with Gasteiger partial charge in [0.25, 0.3) is 0 Å². The highest BCUT2D eigenvalue weighted by Gasteiger charge is 2.33. The number of quaternary nitrogens is 1. The Hall–Kier alpha value is -0.860. The van der Waals surface area contributed by atoms with Gasteiger partial charge in [-0.05, 0) is 44.1 Å². The molecular weight excluding hydrogens is 222 g/mol. The SMILES string of the molecule is CC1(C)C[C@@H]([C@H](CC[NH3+])c2ccccc2)CCO1. The van der Waals surface area contributed by atoms with Crippen LogP contribution >= 0.6 is 0 Å². The third-order valence-corrected chi connectivity index (χ3v) is 4.05. The number of hydrogen-bond acceptors (Lipinski definition) is 1. The van der Waals surface area contributed by atoms with Crippen molar-refractivity contribution in [1.82, 2.24) is 0 Å². The molecular formula is C16H26NO+. The lowest BCUT2D eigenvalue weighted by molar-refractivity contribution is -0.369. The minimum atomic E-state index is 0.0388. The van der Waals surface area contributed by atoms with Crippen LogP contribution in [0.25, 0.3) is 0 Å². The fraction of sp³-hybridized carbons (Fsp3) is 0.625. The normalized spacial score (nSPS) is 24.7. The molecule has 0 saturated carbocycles. The van der Waals surface area contributed by atoms with Crippen LogP contribution in [-0.4, -0.2) is 18.8 Å². The molecule has 2 rings (SSSR count). The Labute approximate surface area is 111 Å². The second-order valence-corrected chi connectivity index (χ2v) is 6.02. The van der Waals surface area contributed by atoms with Crippen LogP contribution < -0.4 is 5.73 Å². The van der Waals surface area contributed by atoms with Crippen molar-refractivity contribution >= 4 is 0 Å². The van der Waals surface area contributed by atoms with E-state index in [1.54, 1.807) is 0 Å². The molecule has 2 nitrogen and oxygen atoms in total. The Morgan fingerprint density at radius 2 is 2.06 bits per heavy atom. The molecule has 0 aliphatic carbocycles. The first kappa shape index (κ1) is 13.6. The smallest absolute Gasteiger partial charge is 0.0745 e. The highest BCUT2D eigenvalue weighted by Crippen LogP contribution is 2.39. The van der Waals surface area contributed by atoms with Crippen LogP contribution in [0.15, 0.2) is 30.3 Å². The molecule has 1 saturated heterocycles. The summed E-state index contributed by atoms with van der Waals surface area (Å²) in [7, 11) is 0. The van der Waals surface area contributed by atoms with Gasteiger partial charge in [0.2, 0.25) is 0 Å². The van der Waals surface area contributed by atoms with Crippen molar-refractivity contribution in [2.75, 3.05) is 13.2 Å². The molecule has 0 spiro atoms. The van der Waals surface area contributed by atoms with E-state index in [0.717, 1.165) is 25.5 Å². The Kier molecular flexibility index (Phi) is 4.41. The van der Waals surface area contributed by atoms with Gasteiger partial charge < -0.3 is 10.5 Å². The Balaban J connectivity index is 2.15. The highest BCUT2D eigenvalue weighted by molar-refractivity contribution is 5.20. The number of ether oxygens (including phenoxy) is 1. The van der Waals surface area contributed by atoms with Gasteiger partial charge in [0.15, 0.2) is 0 Å². The van der Waals surface area contributed by atoms with E-state index in [4.69, 9.17) is 4.74 Å². The Morgan fingerprint density at radius 1 is 1.33 bits per heavy atom. The summed E-state index contributed by atoms with van der Waals surface area (Å²) in [6.45, 7) is 6.34. The first-order valence-corrected chi connectivity index (χ1v) is 7.10. The molecule has 1 aromatic rings. The lowest BCUT2D eigenvalue weighted by atomic mass is 9.75. The maximum absolute atomic E-state index is 5.84. The van der Waals surface area contributed by atoms with Gasteiger partial charge in [-0.15, -0.1) is 0 Å². The number of benzene rings is 1. The van der Waals surface area contributed by atoms with Gasteiger partial charge >= 0.3 is 0 Å². The van der Waals surface area contributed by atoms with Gasteiger partial charge in [-0.2, -0.15) is 0 Å². The zero-order valence-electron chi connectivity index (χ0n) is 11.7. The molecule has 2 atom stereocenters. The average molecular weight is 248 g/mol. The third-order valence-electron chi connectivity index (χ3n) is 4.05. The highest BCUT2D eigenvalue weighted by atomic mass is 16.5. The van der Waals surface area contributed by atoms with Gasteiger partial charge in [-0.25, -0.2) is 0 Å². The molecule has 0 aromatic heterocycles. The van der Waals surface area contributed by atoms with E-state index in [2.05, 4.69) is 49.9 Å². The van der Waals surface area contributed by atoms with E-state index < -0.39 is 0 Å². The molecule has 18 heavy (non-hydrogen) atoms. The number of rotatable bonds is 4. The number of hydrogen-bond donors (Lipinski definition) is 1. The van der Waals surface area contributed by atoms with Crippen molar-refractivity contribution in [3.8, 4) is 0 Å². The van der Waals surface area contributed by atoms with E-state index in [-0.39, 0.29) is 5.60 Å². The van der Waals surface area contributed by atoms with Crippen LogP contribution in [0.3, 0.4) is 0 Å². The molecule has 0 bridgehead atoms. The largest absolute Gasteiger partial charge is 0.376 e. The second-order valence-electron chi connectivity index (χ2n) is 6.02. The minimum absolute atomic E-state index is 0.0388. The van der Waals surface area contributed by atoms with Crippen LogP contribution in [-0.2, 0) is 4.74 Å². The van der Waals surface area contributed by atoms with Gasteiger partial charge in [-0.3, -0.25) is 0 Å². The van der Waals surface area contributed by atoms with E-state index >= 15 is 0 Å². The van der Waals surface area contributed by atoms with Crippen molar-refractivity contribution in [1.29, 1.82) is 0 Å². The summed E-state index contributed by atoms with van der Waals surface area (Å²) in [6.07, 6.45) is 3.53. The molecule has 3 N–H and O–H groups in total. The van der Waals surface area contributed by atoms with Crippen LogP contribution in [0.2, 0.25) is 0 Å². The predicted molar refractivity (Wildman–Crippen MR) is 74.3 cm³/mol. The lowest BCUT2D eigenvalue weighted by Crippen LogP contribution is -2.51. The van der Waals surface area contributed by atoms with Gasteiger partial charge in [0.05, 0.1) is 12.1 Å². The van der Waals surface area contributed by atoms with Gasteiger partial charge in [0, 0.05) is 13.0 Å². The van der Waals surface area contributed by atoms with Crippen LogP contribution in [0.4, 0.5) is 0 Å². The first-order chi connectivity index (χ1) is 8.62. The van der Waals surface area contributed by atoms with Crippen molar-refractivity contribution in [3.63, 3.8) is 0 Å². The molecule has 1 aromatic carbocycles. The molecule has 2 heteroatoms. The van der Waals surface area contributed by atoms with Crippen LogP contribution in [0.5, 0.6) is 0 Å². The second kappa shape index (κ2) is 5.85. The Bertz CT molecular complexity index is 361. The molecule has 100 valence electrons. The van der Waals surface area contributed by atoms with Crippen LogP contribution in [0.1, 0.15) is 44.6 Å². The zero-order valence-corrected chi connectivity index (χ0v) is 11.7. The molecule has 0 radical (unpaired) electrons. The van der Waals surface area contributed by atoms with Gasteiger partial charge in [-0.1, -0.05) is 30.3 Å². The van der Waals surface area contributed by atoms with Crippen molar-refractivity contribution in [3.05, 3.63) is 35.9 Å². The summed E-state index contributed by atoms with van der Waals surface area (Å²) in [5, 5.41) is 0. The third kappa shape index (κ3) is 3.33. The topological polar surface area (TPSA) is 36.9 Å². The van der Waals surface area contributed by atoms with Crippen molar-refractivity contribution in [2.24, 2.45) is 5.92 Å². The summed E-state index contributed by atoms with van der Waals surface area (Å²) < 4.78 is 5.84.